The highest BCUT2D eigenvalue weighted by atomic mass is 16.1. The summed E-state index contributed by atoms with van der Waals surface area (Å²) in [6, 6.07) is 10.1. The van der Waals surface area contributed by atoms with Gasteiger partial charge in [-0.05, 0) is 37.9 Å². The Morgan fingerprint density at radius 2 is 2.14 bits per heavy atom. The van der Waals surface area contributed by atoms with Crippen molar-refractivity contribution < 1.29 is 4.79 Å². The van der Waals surface area contributed by atoms with Gasteiger partial charge < -0.3 is 11.1 Å². The smallest absolute Gasteiger partial charge is 0.224 e. The lowest BCUT2D eigenvalue weighted by Crippen LogP contribution is -2.29. The number of carbonyl (C=O) groups excluding carboxylic acids is 1. The van der Waals surface area contributed by atoms with Crippen LogP contribution in [0.3, 0.4) is 0 Å². The summed E-state index contributed by atoms with van der Waals surface area (Å²) in [5.74, 6) is -0.0102. The summed E-state index contributed by atoms with van der Waals surface area (Å²) in [7, 11) is 0. The number of nitrogens with one attached hydrogen (secondary N) is 1. The van der Waals surface area contributed by atoms with Crippen LogP contribution in [0.5, 0.6) is 0 Å². The Kier molecular flexibility index (Phi) is 5.59. The quantitative estimate of drug-likeness (QED) is 0.719. The fourth-order valence-electron chi connectivity index (χ4n) is 2.38. The number of rotatable bonds is 8. The van der Waals surface area contributed by atoms with E-state index in [1.807, 2.05) is 12.1 Å². The summed E-state index contributed by atoms with van der Waals surface area (Å²) in [4.78, 5) is 14.2. The predicted molar refractivity (Wildman–Crippen MR) is 83.5 cm³/mol. The average Bonchev–Trinajstić information content (AvgIpc) is 3.30. The van der Waals surface area contributed by atoms with E-state index in [-0.39, 0.29) is 5.91 Å². The molecule has 1 aliphatic carbocycles. The Bertz CT molecular complexity index is 519. The maximum atomic E-state index is 11.9. The molecule has 21 heavy (non-hydrogen) atoms. The van der Waals surface area contributed by atoms with Crippen LogP contribution in [0.2, 0.25) is 0 Å². The Hall–Kier alpha value is -2.06. The maximum absolute atomic E-state index is 11.9. The van der Waals surface area contributed by atoms with Crippen LogP contribution in [-0.4, -0.2) is 29.9 Å². The van der Waals surface area contributed by atoms with Gasteiger partial charge in [-0.25, -0.2) is 0 Å². The molecule has 2 rings (SSSR count). The minimum atomic E-state index is -0.0102. The number of nitriles is 1. The normalized spacial score (nSPS) is 13.9. The third-order valence-corrected chi connectivity index (χ3v) is 3.66. The van der Waals surface area contributed by atoms with Crippen LogP contribution in [0, 0.1) is 11.3 Å². The number of hydrogen-bond acceptors (Lipinski definition) is 4. The second kappa shape index (κ2) is 7.65. The van der Waals surface area contributed by atoms with Crippen molar-refractivity contribution in [2.45, 2.75) is 38.1 Å². The fraction of sp³-hybridized carbons (Fsp3) is 0.500. The molecule has 0 aliphatic heterocycles. The number of carbonyl (C=O) groups is 1. The molecule has 0 spiro atoms. The van der Waals surface area contributed by atoms with E-state index in [0.717, 1.165) is 19.5 Å². The summed E-state index contributed by atoms with van der Waals surface area (Å²) < 4.78 is 0. The third kappa shape index (κ3) is 5.09. The standard InChI is InChI=1S/C16H22N4O/c17-10-4-12-20(13-8-9-13)11-3-7-16(21)19-15-6-2-1-5-14(15)18/h1-2,5-6,13H,3-4,7-9,11-12,18H2,(H,19,21). The second-order valence-corrected chi connectivity index (χ2v) is 5.41. The van der Waals surface area contributed by atoms with Gasteiger partial charge in [-0.15, -0.1) is 0 Å². The molecule has 1 aromatic rings. The Balaban J connectivity index is 1.71. The summed E-state index contributed by atoms with van der Waals surface area (Å²) in [5.41, 5.74) is 7.05. The van der Waals surface area contributed by atoms with E-state index in [1.165, 1.54) is 12.8 Å². The minimum Gasteiger partial charge on any atom is -0.397 e. The number of nitrogens with zero attached hydrogens (tertiary/aromatic N) is 2. The van der Waals surface area contributed by atoms with Gasteiger partial charge in [0, 0.05) is 25.4 Å². The van der Waals surface area contributed by atoms with Crippen LogP contribution < -0.4 is 11.1 Å². The number of nitrogens with two attached hydrogens (primary N) is 1. The fourth-order valence-corrected chi connectivity index (χ4v) is 2.38. The zero-order chi connectivity index (χ0) is 15.1. The molecule has 0 aromatic heterocycles. The number of anilines is 2. The van der Waals surface area contributed by atoms with Crippen molar-refractivity contribution in [2.75, 3.05) is 24.1 Å². The van der Waals surface area contributed by atoms with Gasteiger partial charge in [0.15, 0.2) is 0 Å². The van der Waals surface area contributed by atoms with Crippen LogP contribution in [0.15, 0.2) is 24.3 Å². The van der Waals surface area contributed by atoms with Gasteiger partial charge >= 0.3 is 0 Å². The summed E-state index contributed by atoms with van der Waals surface area (Å²) >= 11 is 0. The summed E-state index contributed by atoms with van der Waals surface area (Å²) in [5, 5.41) is 11.5. The highest BCUT2D eigenvalue weighted by Gasteiger charge is 2.28. The Morgan fingerprint density at radius 1 is 1.38 bits per heavy atom. The van der Waals surface area contributed by atoms with Crippen LogP contribution in [0.4, 0.5) is 11.4 Å². The van der Waals surface area contributed by atoms with Crippen molar-refractivity contribution in [3.05, 3.63) is 24.3 Å². The van der Waals surface area contributed by atoms with Crippen molar-refractivity contribution in [1.29, 1.82) is 5.26 Å². The topological polar surface area (TPSA) is 82.2 Å². The molecule has 0 saturated heterocycles. The van der Waals surface area contributed by atoms with E-state index in [4.69, 9.17) is 11.0 Å². The zero-order valence-corrected chi connectivity index (χ0v) is 12.2. The molecular formula is C16H22N4O. The van der Waals surface area contributed by atoms with E-state index < -0.39 is 0 Å². The molecule has 1 amide bonds. The van der Waals surface area contributed by atoms with Crippen molar-refractivity contribution in [3.8, 4) is 6.07 Å². The molecule has 5 nitrogen and oxygen atoms in total. The SMILES string of the molecule is N#CCCN(CCCC(=O)Nc1ccccc1N)C1CC1. The van der Waals surface area contributed by atoms with Crippen LogP contribution in [0.25, 0.3) is 0 Å². The van der Waals surface area contributed by atoms with E-state index in [0.29, 0.717) is 30.3 Å². The third-order valence-electron chi connectivity index (χ3n) is 3.66. The highest BCUT2D eigenvalue weighted by molar-refractivity contribution is 5.93. The molecule has 1 fully saturated rings. The van der Waals surface area contributed by atoms with Gasteiger partial charge in [0.05, 0.1) is 17.4 Å². The van der Waals surface area contributed by atoms with Crippen LogP contribution in [-0.2, 0) is 4.79 Å². The summed E-state index contributed by atoms with van der Waals surface area (Å²) in [6.45, 7) is 1.69. The molecule has 0 heterocycles. The number of amides is 1. The Morgan fingerprint density at radius 3 is 2.81 bits per heavy atom. The van der Waals surface area contributed by atoms with Crippen molar-refractivity contribution in [2.24, 2.45) is 0 Å². The number of benzene rings is 1. The molecule has 0 unspecified atom stereocenters. The van der Waals surface area contributed by atoms with E-state index >= 15 is 0 Å². The zero-order valence-electron chi connectivity index (χ0n) is 12.2. The first kappa shape index (κ1) is 15.3. The number of para-hydroxylation sites is 2. The van der Waals surface area contributed by atoms with Crippen LogP contribution >= 0.6 is 0 Å². The first-order valence-corrected chi connectivity index (χ1v) is 7.46. The monoisotopic (exact) mass is 286 g/mol. The lowest BCUT2D eigenvalue weighted by atomic mass is 10.2. The first-order chi connectivity index (χ1) is 10.2. The predicted octanol–water partition coefficient (Wildman–Crippen LogP) is 2.37. The van der Waals surface area contributed by atoms with Gasteiger partial charge in [0.25, 0.3) is 0 Å². The molecule has 0 atom stereocenters. The number of nitrogen functional groups attached to an aromatic ring is 1. The average molecular weight is 286 g/mol. The second-order valence-electron chi connectivity index (χ2n) is 5.41. The first-order valence-electron chi connectivity index (χ1n) is 7.46. The molecule has 0 radical (unpaired) electrons. The molecule has 3 N–H and O–H groups in total. The van der Waals surface area contributed by atoms with E-state index in [1.54, 1.807) is 12.1 Å². The molecule has 5 heteroatoms. The van der Waals surface area contributed by atoms with Gasteiger partial charge in [-0.3, -0.25) is 9.69 Å². The molecule has 1 aromatic carbocycles. The van der Waals surface area contributed by atoms with Gasteiger partial charge in [0.1, 0.15) is 0 Å². The van der Waals surface area contributed by atoms with Crippen molar-refractivity contribution >= 4 is 17.3 Å². The molecule has 112 valence electrons. The van der Waals surface area contributed by atoms with Crippen LogP contribution in [0.1, 0.15) is 32.1 Å². The lowest BCUT2D eigenvalue weighted by molar-refractivity contribution is -0.116. The molecule has 1 aliphatic rings. The highest BCUT2D eigenvalue weighted by Crippen LogP contribution is 2.27. The van der Waals surface area contributed by atoms with Crippen molar-refractivity contribution in [3.63, 3.8) is 0 Å². The molecule has 1 saturated carbocycles. The van der Waals surface area contributed by atoms with E-state index in [9.17, 15) is 4.79 Å². The number of hydrogen-bond donors (Lipinski definition) is 2. The Labute approximate surface area is 125 Å². The lowest BCUT2D eigenvalue weighted by Gasteiger charge is -2.20. The molecular weight excluding hydrogens is 264 g/mol. The minimum absolute atomic E-state index is 0.0102. The van der Waals surface area contributed by atoms with Gasteiger partial charge in [-0.1, -0.05) is 12.1 Å². The van der Waals surface area contributed by atoms with Gasteiger partial charge in [-0.2, -0.15) is 5.26 Å². The van der Waals surface area contributed by atoms with E-state index in [2.05, 4.69) is 16.3 Å². The molecule has 0 bridgehead atoms. The van der Waals surface area contributed by atoms with Gasteiger partial charge in [0.2, 0.25) is 5.91 Å². The summed E-state index contributed by atoms with van der Waals surface area (Å²) in [6.07, 6.45) is 4.28. The largest absolute Gasteiger partial charge is 0.397 e. The van der Waals surface area contributed by atoms with Crippen molar-refractivity contribution in [1.82, 2.24) is 4.90 Å². The maximum Gasteiger partial charge on any atom is 0.224 e.